The summed E-state index contributed by atoms with van der Waals surface area (Å²) < 4.78 is 17.8. The molecule has 2 N–H and O–H groups in total. The van der Waals surface area contributed by atoms with Gasteiger partial charge in [0, 0.05) is 6.54 Å². The monoisotopic (exact) mass is 289 g/mol. The lowest BCUT2D eigenvalue weighted by atomic mass is 10.1. The molecule has 2 aromatic rings. The number of methoxy groups -OCH3 is 1. The first-order chi connectivity index (χ1) is 10.1. The van der Waals surface area contributed by atoms with Crippen molar-refractivity contribution in [2.45, 2.75) is 12.6 Å². The molecule has 1 amide bonds. The van der Waals surface area contributed by atoms with E-state index < -0.39 is 12.0 Å². The van der Waals surface area contributed by atoms with Crippen LogP contribution in [0.4, 0.5) is 4.39 Å². The lowest BCUT2D eigenvalue weighted by Gasteiger charge is -2.12. The van der Waals surface area contributed by atoms with Gasteiger partial charge in [0.2, 0.25) is 0 Å². The summed E-state index contributed by atoms with van der Waals surface area (Å²) in [4.78, 5) is 11.9. The largest absolute Gasteiger partial charge is 0.497 e. The lowest BCUT2D eigenvalue weighted by molar-refractivity contribution is -0.129. The van der Waals surface area contributed by atoms with E-state index in [1.165, 1.54) is 19.2 Å². The second-order valence-electron chi connectivity index (χ2n) is 4.52. The van der Waals surface area contributed by atoms with E-state index in [0.29, 0.717) is 11.3 Å². The molecule has 0 fully saturated rings. The number of carbonyl (C=O) groups excluding carboxylic acids is 1. The van der Waals surface area contributed by atoms with Gasteiger partial charge in [-0.1, -0.05) is 24.3 Å². The predicted molar refractivity (Wildman–Crippen MR) is 76.2 cm³/mol. The molecule has 0 aromatic heterocycles. The highest BCUT2D eigenvalue weighted by atomic mass is 19.1. The fraction of sp³-hybridized carbons (Fsp3) is 0.188. The van der Waals surface area contributed by atoms with Crippen molar-refractivity contribution in [1.29, 1.82) is 0 Å². The molecule has 1 unspecified atom stereocenters. The van der Waals surface area contributed by atoms with Gasteiger partial charge in [-0.3, -0.25) is 4.79 Å². The Morgan fingerprint density at radius 3 is 2.67 bits per heavy atom. The zero-order valence-corrected chi connectivity index (χ0v) is 11.5. The fourth-order valence-electron chi connectivity index (χ4n) is 1.85. The number of aliphatic hydroxyl groups is 1. The van der Waals surface area contributed by atoms with Gasteiger partial charge >= 0.3 is 0 Å². The number of rotatable bonds is 5. The highest BCUT2D eigenvalue weighted by molar-refractivity contribution is 5.82. The van der Waals surface area contributed by atoms with Crippen LogP contribution in [0.25, 0.3) is 0 Å². The highest BCUT2D eigenvalue weighted by Crippen LogP contribution is 2.19. The Morgan fingerprint density at radius 2 is 2.00 bits per heavy atom. The predicted octanol–water partition coefficient (Wildman–Crippen LogP) is 2.18. The molecule has 2 rings (SSSR count). The van der Waals surface area contributed by atoms with Crippen molar-refractivity contribution in [3.05, 3.63) is 65.5 Å². The molecule has 0 heterocycles. The molecule has 110 valence electrons. The standard InChI is InChI=1S/C16H16FNO3/c1-21-14-4-2-3-12(9-14)15(19)16(20)18-10-11-5-7-13(17)8-6-11/h2-9,15,19H,10H2,1H3,(H,18,20). The average molecular weight is 289 g/mol. The van der Waals surface area contributed by atoms with E-state index in [-0.39, 0.29) is 12.4 Å². The Morgan fingerprint density at radius 1 is 1.29 bits per heavy atom. The van der Waals surface area contributed by atoms with Crippen LogP contribution in [0.15, 0.2) is 48.5 Å². The molecule has 21 heavy (non-hydrogen) atoms. The summed E-state index contributed by atoms with van der Waals surface area (Å²) in [6.45, 7) is 0.222. The molecule has 4 nitrogen and oxygen atoms in total. The summed E-state index contributed by atoms with van der Waals surface area (Å²) in [6.07, 6.45) is -1.28. The minimum absolute atomic E-state index is 0.222. The zero-order valence-electron chi connectivity index (χ0n) is 11.5. The van der Waals surface area contributed by atoms with Crippen LogP contribution >= 0.6 is 0 Å². The van der Waals surface area contributed by atoms with Crippen LogP contribution in [0, 0.1) is 5.82 Å². The Bertz CT molecular complexity index is 613. The Hall–Kier alpha value is -2.40. The molecule has 1 atom stereocenters. The van der Waals surface area contributed by atoms with Gasteiger partial charge in [0.1, 0.15) is 11.6 Å². The van der Waals surface area contributed by atoms with Gasteiger partial charge in [-0.25, -0.2) is 4.39 Å². The van der Waals surface area contributed by atoms with Crippen LogP contribution in [0.2, 0.25) is 0 Å². The van der Waals surface area contributed by atoms with E-state index in [0.717, 1.165) is 5.56 Å². The lowest BCUT2D eigenvalue weighted by Crippen LogP contribution is -2.28. The van der Waals surface area contributed by atoms with Crippen molar-refractivity contribution in [2.24, 2.45) is 0 Å². The Balaban J connectivity index is 1.97. The van der Waals surface area contributed by atoms with Crippen molar-refractivity contribution in [3.63, 3.8) is 0 Å². The maximum absolute atomic E-state index is 12.8. The summed E-state index contributed by atoms with van der Waals surface area (Å²) in [5.74, 6) is -0.285. The van der Waals surface area contributed by atoms with Gasteiger partial charge in [-0.05, 0) is 35.4 Å². The summed E-state index contributed by atoms with van der Waals surface area (Å²) >= 11 is 0. The molecule has 0 aliphatic heterocycles. The zero-order chi connectivity index (χ0) is 15.2. The molecule has 5 heteroatoms. The number of hydrogen-bond acceptors (Lipinski definition) is 3. The van der Waals surface area contributed by atoms with E-state index in [2.05, 4.69) is 5.32 Å². The Kier molecular flexibility index (Phi) is 4.90. The first-order valence-electron chi connectivity index (χ1n) is 6.44. The Labute approximate surface area is 122 Å². The van der Waals surface area contributed by atoms with Crippen molar-refractivity contribution in [1.82, 2.24) is 5.32 Å². The third-order valence-corrected chi connectivity index (χ3v) is 3.04. The molecule has 2 aromatic carbocycles. The molecule has 0 saturated heterocycles. The number of aliphatic hydroxyl groups excluding tert-OH is 1. The van der Waals surface area contributed by atoms with Gasteiger partial charge in [-0.15, -0.1) is 0 Å². The number of ether oxygens (including phenoxy) is 1. The third-order valence-electron chi connectivity index (χ3n) is 3.04. The van der Waals surface area contributed by atoms with Crippen molar-refractivity contribution < 1.29 is 19.0 Å². The minimum Gasteiger partial charge on any atom is -0.497 e. The molecule has 0 spiro atoms. The molecule has 0 aliphatic rings. The van der Waals surface area contributed by atoms with Gasteiger partial charge < -0.3 is 15.2 Å². The fourth-order valence-corrected chi connectivity index (χ4v) is 1.85. The second-order valence-corrected chi connectivity index (χ2v) is 4.52. The van der Waals surface area contributed by atoms with Gasteiger partial charge in [0.05, 0.1) is 7.11 Å². The second kappa shape index (κ2) is 6.85. The number of benzene rings is 2. The van der Waals surface area contributed by atoms with Gasteiger partial charge in [0.25, 0.3) is 5.91 Å². The summed E-state index contributed by atoms with van der Waals surface area (Å²) in [5, 5.41) is 12.6. The number of nitrogens with one attached hydrogen (secondary N) is 1. The normalized spacial score (nSPS) is 11.8. The molecule has 0 aliphatic carbocycles. The molecule has 0 radical (unpaired) electrons. The summed E-state index contributed by atoms with van der Waals surface area (Å²) in [5.41, 5.74) is 1.20. The average Bonchev–Trinajstić information content (AvgIpc) is 2.53. The van der Waals surface area contributed by atoms with Crippen molar-refractivity contribution >= 4 is 5.91 Å². The minimum atomic E-state index is -1.28. The number of hydrogen-bond donors (Lipinski definition) is 2. The molecular formula is C16H16FNO3. The first kappa shape index (κ1) is 15.0. The van der Waals surface area contributed by atoms with Crippen LogP contribution in [0.5, 0.6) is 5.75 Å². The maximum Gasteiger partial charge on any atom is 0.253 e. The summed E-state index contributed by atoms with van der Waals surface area (Å²) in [6, 6.07) is 12.5. The first-order valence-corrected chi connectivity index (χ1v) is 6.44. The van der Waals surface area contributed by atoms with Crippen LogP contribution < -0.4 is 10.1 Å². The number of amides is 1. The van der Waals surface area contributed by atoms with E-state index in [1.807, 2.05) is 0 Å². The van der Waals surface area contributed by atoms with Crippen LogP contribution in [0.3, 0.4) is 0 Å². The smallest absolute Gasteiger partial charge is 0.253 e. The van der Waals surface area contributed by atoms with Gasteiger partial charge in [-0.2, -0.15) is 0 Å². The van der Waals surface area contributed by atoms with Crippen molar-refractivity contribution in [2.75, 3.05) is 7.11 Å². The maximum atomic E-state index is 12.8. The highest BCUT2D eigenvalue weighted by Gasteiger charge is 2.17. The van der Waals surface area contributed by atoms with E-state index >= 15 is 0 Å². The molecular weight excluding hydrogens is 273 g/mol. The van der Waals surface area contributed by atoms with E-state index in [9.17, 15) is 14.3 Å². The van der Waals surface area contributed by atoms with Gasteiger partial charge in [0.15, 0.2) is 6.10 Å². The molecule has 0 saturated carbocycles. The summed E-state index contributed by atoms with van der Waals surface area (Å²) in [7, 11) is 1.51. The van der Waals surface area contributed by atoms with Crippen LogP contribution in [-0.4, -0.2) is 18.1 Å². The quantitative estimate of drug-likeness (QED) is 0.887. The third kappa shape index (κ3) is 4.03. The van der Waals surface area contributed by atoms with Crippen molar-refractivity contribution in [3.8, 4) is 5.75 Å². The van der Waals surface area contributed by atoms with Crippen LogP contribution in [-0.2, 0) is 11.3 Å². The number of carbonyl (C=O) groups is 1. The SMILES string of the molecule is COc1cccc(C(O)C(=O)NCc2ccc(F)cc2)c1. The number of halogens is 1. The van der Waals surface area contributed by atoms with E-state index in [4.69, 9.17) is 4.74 Å². The van der Waals surface area contributed by atoms with E-state index in [1.54, 1.807) is 36.4 Å². The topological polar surface area (TPSA) is 58.6 Å². The van der Waals surface area contributed by atoms with Crippen LogP contribution in [0.1, 0.15) is 17.2 Å². The molecule has 0 bridgehead atoms.